The highest BCUT2D eigenvalue weighted by Gasteiger charge is 2.22. The first-order valence-electron chi connectivity index (χ1n) is 11.3. The molecule has 4 rings (SSSR count). The van der Waals surface area contributed by atoms with E-state index in [1.807, 2.05) is 54.6 Å². The van der Waals surface area contributed by atoms with E-state index in [1.165, 1.54) is 0 Å². The van der Waals surface area contributed by atoms with Crippen LogP contribution in [0.3, 0.4) is 0 Å². The number of carbonyl (C=O) groups excluding carboxylic acids is 3. The van der Waals surface area contributed by atoms with Gasteiger partial charge in [-0.1, -0.05) is 66.2 Å². The van der Waals surface area contributed by atoms with Crippen LogP contribution in [0.25, 0.3) is 0 Å². The van der Waals surface area contributed by atoms with Crippen LogP contribution in [0, 0.1) is 0 Å². The highest BCUT2D eigenvalue weighted by atomic mass is 35.5. The van der Waals surface area contributed by atoms with Crippen molar-refractivity contribution < 1.29 is 14.4 Å². The summed E-state index contributed by atoms with van der Waals surface area (Å²) in [4.78, 5) is 39.3. The monoisotopic (exact) mass is 475 g/mol. The molecular weight excluding hydrogens is 450 g/mol. The summed E-state index contributed by atoms with van der Waals surface area (Å²) in [5, 5.41) is 6.22. The zero-order valence-electron chi connectivity index (χ0n) is 18.7. The Hall–Kier alpha value is -3.64. The third-order valence-electron chi connectivity index (χ3n) is 5.83. The largest absolute Gasteiger partial charge is 0.352 e. The topological polar surface area (TPSA) is 78.5 Å². The maximum Gasteiger partial charge on any atom is 0.253 e. The summed E-state index contributed by atoms with van der Waals surface area (Å²) in [6.07, 6.45) is 1.56. The molecule has 1 saturated heterocycles. The first-order chi connectivity index (χ1) is 16.5. The molecule has 3 amide bonds. The molecule has 34 heavy (non-hydrogen) atoms. The van der Waals surface area contributed by atoms with E-state index in [9.17, 15) is 14.4 Å². The Morgan fingerprint density at radius 3 is 2.32 bits per heavy atom. The van der Waals surface area contributed by atoms with E-state index in [1.54, 1.807) is 29.2 Å². The van der Waals surface area contributed by atoms with Crippen LogP contribution in [0.15, 0.2) is 78.9 Å². The number of hydrogen-bond acceptors (Lipinski definition) is 3. The van der Waals surface area contributed by atoms with Gasteiger partial charge in [-0.3, -0.25) is 14.4 Å². The summed E-state index contributed by atoms with van der Waals surface area (Å²) < 4.78 is 0. The maximum atomic E-state index is 12.8. The number of anilines is 1. The van der Waals surface area contributed by atoms with Gasteiger partial charge in [0.2, 0.25) is 11.8 Å². The quantitative estimate of drug-likeness (QED) is 0.498. The Balaban J connectivity index is 1.38. The van der Waals surface area contributed by atoms with Gasteiger partial charge in [0.15, 0.2) is 0 Å². The molecule has 0 aromatic heterocycles. The molecule has 0 radical (unpaired) electrons. The molecule has 0 spiro atoms. The number of nitrogens with one attached hydrogen (secondary N) is 2. The lowest BCUT2D eigenvalue weighted by Gasteiger charge is -2.20. The van der Waals surface area contributed by atoms with Crippen LogP contribution in [0.5, 0.6) is 0 Å². The number of amides is 3. The van der Waals surface area contributed by atoms with Crippen LogP contribution in [-0.4, -0.2) is 24.3 Å². The lowest BCUT2D eigenvalue weighted by Crippen LogP contribution is -2.33. The number of hydrogen-bond donors (Lipinski definition) is 2. The molecule has 1 aliphatic heterocycles. The van der Waals surface area contributed by atoms with E-state index < -0.39 is 6.04 Å². The van der Waals surface area contributed by atoms with Gasteiger partial charge in [-0.2, -0.15) is 0 Å². The van der Waals surface area contributed by atoms with Gasteiger partial charge in [0, 0.05) is 25.2 Å². The first kappa shape index (κ1) is 23.5. The van der Waals surface area contributed by atoms with Crippen molar-refractivity contribution in [3.05, 3.63) is 101 Å². The molecule has 174 valence electrons. The molecule has 1 atom stereocenters. The van der Waals surface area contributed by atoms with E-state index in [2.05, 4.69) is 10.6 Å². The number of nitrogens with zero attached hydrogens (tertiary/aromatic N) is 1. The smallest absolute Gasteiger partial charge is 0.253 e. The Morgan fingerprint density at radius 1 is 0.941 bits per heavy atom. The van der Waals surface area contributed by atoms with E-state index in [0.29, 0.717) is 23.6 Å². The molecular formula is C27H26ClN3O3. The molecule has 2 N–H and O–H groups in total. The van der Waals surface area contributed by atoms with Gasteiger partial charge < -0.3 is 15.5 Å². The van der Waals surface area contributed by atoms with Crippen LogP contribution < -0.4 is 15.5 Å². The van der Waals surface area contributed by atoms with Crippen LogP contribution >= 0.6 is 11.6 Å². The van der Waals surface area contributed by atoms with Crippen molar-refractivity contribution in [2.24, 2.45) is 0 Å². The lowest BCUT2D eigenvalue weighted by molar-refractivity contribution is -0.121. The van der Waals surface area contributed by atoms with Gasteiger partial charge >= 0.3 is 0 Å². The zero-order chi connectivity index (χ0) is 23.9. The van der Waals surface area contributed by atoms with Gasteiger partial charge in [-0.25, -0.2) is 0 Å². The molecule has 1 fully saturated rings. The van der Waals surface area contributed by atoms with Gasteiger partial charge in [-0.05, 0) is 41.8 Å². The average molecular weight is 476 g/mol. The van der Waals surface area contributed by atoms with Gasteiger partial charge in [0.1, 0.15) is 0 Å². The summed E-state index contributed by atoms with van der Waals surface area (Å²) in [6.45, 7) is 1.10. The molecule has 6 nitrogen and oxygen atoms in total. The van der Waals surface area contributed by atoms with Gasteiger partial charge in [-0.15, -0.1) is 0 Å². The second kappa shape index (κ2) is 11.0. The van der Waals surface area contributed by atoms with Crippen molar-refractivity contribution in [3.63, 3.8) is 0 Å². The van der Waals surface area contributed by atoms with Crippen molar-refractivity contribution in [2.45, 2.75) is 31.8 Å². The minimum Gasteiger partial charge on any atom is -0.352 e. The number of benzene rings is 3. The molecule has 3 aromatic carbocycles. The second-order valence-electron chi connectivity index (χ2n) is 8.21. The Kier molecular flexibility index (Phi) is 7.60. The summed E-state index contributed by atoms with van der Waals surface area (Å²) in [5.74, 6) is -0.377. The SMILES string of the molecule is O=C(C[C@H](NC(=O)c1ccccc1Cl)c1ccccc1)NCc1ccc(N2CCCC2=O)cc1. The maximum absolute atomic E-state index is 12.8. The fourth-order valence-electron chi connectivity index (χ4n) is 3.99. The Morgan fingerprint density at radius 2 is 1.65 bits per heavy atom. The van der Waals surface area contributed by atoms with E-state index >= 15 is 0 Å². The predicted octanol–water partition coefficient (Wildman–Crippen LogP) is 4.64. The van der Waals surface area contributed by atoms with Crippen molar-refractivity contribution in [2.75, 3.05) is 11.4 Å². The summed E-state index contributed by atoms with van der Waals surface area (Å²) in [7, 11) is 0. The standard InChI is InChI=1S/C27H26ClN3O3/c28-23-10-5-4-9-22(23)27(34)30-24(20-7-2-1-3-8-20)17-25(32)29-18-19-12-14-21(15-13-19)31-16-6-11-26(31)33/h1-5,7-10,12-15,24H,6,11,16-18H2,(H,29,32)(H,30,34)/t24-/m0/s1. The molecule has 0 unspecified atom stereocenters. The third-order valence-corrected chi connectivity index (χ3v) is 6.16. The lowest BCUT2D eigenvalue weighted by atomic mass is 10.0. The van der Waals surface area contributed by atoms with Crippen molar-refractivity contribution in [3.8, 4) is 0 Å². The minimum absolute atomic E-state index is 0.0839. The Labute approximate surface area is 203 Å². The van der Waals surface area contributed by atoms with Crippen LogP contribution in [-0.2, 0) is 16.1 Å². The number of rotatable bonds is 8. The third kappa shape index (κ3) is 5.83. The van der Waals surface area contributed by atoms with Crippen molar-refractivity contribution in [1.82, 2.24) is 10.6 Å². The molecule has 3 aromatic rings. The average Bonchev–Trinajstić information content (AvgIpc) is 3.29. The van der Waals surface area contributed by atoms with Crippen molar-refractivity contribution in [1.29, 1.82) is 0 Å². The van der Waals surface area contributed by atoms with E-state index in [4.69, 9.17) is 11.6 Å². The summed E-state index contributed by atoms with van der Waals surface area (Å²) >= 11 is 6.17. The number of halogens is 1. The van der Waals surface area contributed by atoms with Gasteiger partial charge in [0.05, 0.1) is 23.0 Å². The van der Waals surface area contributed by atoms with E-state index in [-0.39, 0.29) is 24.1 Å². The highest BCUT2D eigenvalue weighted by molar-refractivity contribution is 6.33. The molecule has 7 heteroatoms. The molecule has 0 saturated carbocycles. The molecule has 0 aliphatic carbocycles. The van der Waals surface area contributed by atoms with Gasteiger partial charge in [0.25, 0.3) is 5.91 Å². The summed E-state index contributed by atoms with van der Waals surface area (Å²) in [5.41, 5.74) is 3.00. The molecule has 1 aliphatic rings. The van der Waals surface area contributed by atoms with Crippen LogP contribution in [0.4, 0.5) is 5.69 Å². The Bertz CT molecular complexity index is 1170. The van der Waals surface area contributed by atoms with Crippen LogP contribution in [0.2, 0.25) is 5.02 Å². The van der Waals surface area contributed by atoms with E-state index in [0.717, 1.165) is 29.8 Å². The van der Waals surface area contributed by atoms with Crippen LogP contribution in [0.1, 0.15) is 46.8 Å². The number of carbonyl (C=O) groups is 3. The molecule has 0 bridgehead atoms. The minimum atomic E-state index is -0.506. The normalized spacial score (nSPS) is 14.0. The fourth-order valence-corrected chi connectivity index (χ4v) is 4.21. The first-order valence-corrected chi connectivity index (χ1v) is 11.7. The predicted molar refractivity (Wildman–Crippen MR) is 133 cm³/mol. The zero-order valence-corrected chi connectivity index (χ0v) is 19.4. The van der Waals surface area contributed by atoms with Crippen molar-refractivity contribution >= 4 is 35.0 Å². The second-order valence-corrected chi connectivity index (χ2v) is 8.62. The highest BCUT2D eigenvalue weighted by Crippen LogP contribution is 2.22. The fraction of sp³-hybridized carbons (Fsp3) is 0.222. The molecule has 1 heterocycles. The summed E-state index contributed by atoms with van der Waals surface area (Å²) in [6, 6.07) is 23.3.